The molecule has 1 aliphatic heterocycles. The summed E-state index contributed by atoms with van der Waals surface area (Å²) < 4.78 is 0. The van der Waals surface area contributed by atoms with Crippen molar-refractivity contribution in [2.45, 2.75) is 40.2 Å². The first-order valence-electron chi connectivity index (χ1n) is 7.26. The number of nitrogens with zero attached hydrogens (tertiary/aromatic N) is 2. The number of hydrogen-bond acceptors (Lipinski definition) is 3. The fraction of sp³-hybridized carbons (Fsp3) is 0.929. The first-order chi connectivity index (χ1) is 8.49. The van der Waals surface area contributed by atoms with E-state index in [1.165, 1.54) is 0 Å². The second kappa shape index (κ2) is 7.10. The van der Waals surface area contributed by atoms with Gasteiger partial charge < -0.3 is 15.5 Å². The molecule has 0 aromatic carbocycles. The normalized spacial score (nSPS) is 21.9. The van der Waals surface area contributed by atoms with Crippen LogP contribution in [0.5, 0.6) is 0 Å². The molecule has 0 radical (unpaired) electrons. The predicted octanol–water partition coefficient (Wildman–Crippen LogP) is 1.16. The average Bonchev–Trinajstić information content (AvgIpc) is 2.82. The first-order valence-corrected chi connectivity index (χ1v) is 7.26. The minimum atomic E-state index is -0.336. The summed E-state index contributed by atoms with van der Waals surface area (Å²) >= 11 is 0. The number of carbonyl (C=O) groups is 1. The van der Waals surface area contributed by atoms with Crippen molar-refractivity contribution < 1.29 is 4.79 Å². The second-order valence-electron chi connectivity index (χ2n) is 5.69. The highest BCUT2D eigenvalue weighted by atomic mass is 16.2. The maximum absolute atomic E-state index is 12.1. The van der Waals surface area contributed by atoms with E-state index in [9.17, 15) is 4.79 Å². The molecule has 4 heteroatoms. The number of amides is 1. The summed E-state index contributed by atoms with van der Waals surface area (Å²) in [7, 11) is 0. The van der Waals surface area contributed by atoms with Crippen molar-refractivity contribution in [1.29, 1.82) is 0 Å². The summed E-state index contributed by atoms with van der Waals surface area (Å²) in [4.78, 5) is 16.5. The quantitative estimate of drug-likeness (QED) is 0.775. The van der Waals surface area contributed by atoms with Crippen LogP contribution in [0, 0.1) is 11.8 Å². The third-order valence-electron chi connectivity index (χ3n) is 4.01. The highest BCUT2D eigenvalue weighted by molar-refractivity contribution is 5.82. The summed E-state index contributed by atoms with van der Waals surface area (Å²) in [5.41, 5.74) is 5.94. The number of hydrogen-bond donors (Lipinski definition) is 1. The van der Waals surface area contributed by atoms with Gasteiger partial charge in [0.2, 0.25) is 5.91 Å². The number of carbonyl (C=O) groups excluding carboxylic acids is 1. The topological polar surface area (TPSA) is 49.6 Å². The van der Waals surface area contributed by atoms with E-state index >= 15 is 0 Å². The maximum atomic E-state index is 12.1. The molecule has 0 aliphatic carbocycles. The zero-order chi connectivity index (χ0) is 13.7. The van der Waals surface area contributed by atoms with Crippen LogP contribution in [-0.4, -0.2) is 54.5 Å². The average molecular weight is 255 g/mol. The minimum absolute atomic E-state index is 0.132. The molecule has 1 aliphatic rings. The third kappa shape index (κ3) is 3.95. The fourth-order valence-corrected chi connectivity index (χ4v) is 2.52. The molecule has 1 fully saturated rings. The molecule has 1 rings (SSSR count). The van der Waals surface area contributed by atoms with Crippen LogP contribution in [0.4, 0.5) is 0 Å². The van der Waals surface area contributed by atoms with Gasteiger partial charge in [-0.05, 0) is 31.3 Å². The number of rotatable bonds is 6. The molecule has 1 heterocycles. The highest BCUT2D eigenvalue weighted by Gasteiger charge is 2.30. The Labute approximate surface area is 111 Å². The lowest BCUT2D eigenvalue weighted by molar-refractivity contribution is -0.132. The lowest BCUT2D eigenvalue weighted by atomic mass is 10.0. The lowest BCUT2D eigenvalue weighted by Gasteiger charge is -2.25. The van der Waals surface area contributed by atoms with Gasteiger partial charge in [-0.25, -0.2) is 0 Å². The SMILES string of the molecule is CCN(CC)CC1CCN(C(=O)[C@@H](N)C(C)C)C1. The zero-order valence-corrected chi connectivity index (χ0v) is 12.4. The highest BCUT2D eigenvalue weighted by Crippen LogP contribution is 2.19. The summed E-state index contributed by atoms with van der Waals surface area (Å²) in [6.45, 7) is 13.4. The van der Waals surface area contributed by atoms with Gasteiger partial charge >= 0.3 is 0 Å². The first kappa shape index (κ1) is 15.4. The number of nitrogens with two attached hydrogens (primary N) is 1. The van der Waals surface area contributed by atoms with Crippen LogP contribution < -0.4 is 5.73 Å². The molecule has 106 valence electrons. The van der Waals surface area contributed by atoms with Crippen LogP contribution in [0.1, 0.15) is 34.1 Å². The van der Waals surface area contributed by atoms with E-state index in [0.29, 0.717) is 5.92 Å². The minimum Gasteiger partial charge on any atom is -0.341 e. The van der Waals surface area contributed by atoms with Crippen LogP contribution in [-0.2, 0) is 4.79 Å². The summed E-state index contributed by atoms with van der Waals surface area (Å²) in [5, 5.41) is 0. The van der Waals surface area contributed by atoms with E-state index < -0.39 is 0 Å². The van der Waals surface area contributed by atoms with Crippen molar-refractivity contribution in [3.05, 3.63) is 0 Å². The fourth-order valence-electron chi connectivity index (χ4n) is 2.52. The molecule has 1 amide bonds. The maximum Gasteiger partial charge on any atom is 0.239 e. The molecule has 2 atom stereocenters. The van der Waals surface area contributed by atoms with Crippen LogP contribution >= 0.6 is 0 Å². The van der Waals surface area contributed by atoms with Crippen molar-refractivity contribution in [3.8, 4) is 0 Å². The van der Waals surface area contributed by atoms with Gasteiger partial charge in [0.1, 0.15) is 0 Å². The van der Waals surface area contributed by atoms with Crippen molar-refractivity contribution in [3.63, 3.8) is 0 Å². The van der Waals surface area contributed by atoms with Crippen LogP contribution in [0.25, 0.3) is 0 Å². The second-order valence-corrected chi connectivity index (χ2v) is 5.69. The smallest absolute Gasteiger partial charge is 0.239 e. The van der Waals surface area contributed by atoms with Crippen molar-refractivity contribution in [1.82, 2.24) is 9.80 Å². The van der Waals surface area contributed by atoms with Gasteiger partial charge in [0.15, 0.2) is 0 Å². The Balaban J connectivity index is 2.43. The molecule has 1 saturated heterocycles. The van der Waals surface area contributed by atoms with Crippen molar-refractivity contribution in [2.75, 3.05) is 32.7 Å². The Bertz CT molecular complexity index is 264. The lowest BCUT2D eigenvalue weighted by Crippen LogP contribution is -2.45. The Morgan fingerprint density at radius 3 is 2.50 bits per heavy atom. The molecule has 18 heavy (non-hydrogen) atoms. The van der Waals surface area contributed by atoms with E-state index in [2.05, 4.69) is 18.7 Å². The molecule has 0 aromatic heterocycles. The van der Waals surface area contributed by atoms with Gasteiger partial charge in [0.25, 0.3) is 0 Å². The molecular weight excluding hydrogens is 226 g/mol. The zero-order valence-electron chi connectivity index (χ0n) is 12.4. The van der Waals surface area contributed by atoms with Gasteiger partial charge in [-0.15, -0.1) is 0 Å². The Hall–Kier alpha value is -0.610. The summed E-state index contributed by atoms with van der Waals surface area (Å²) in [6, 6.07) is -0.336. The molecule has 2 N–H and O–H groups in total. The van der Waals surface area contributed by atoms with Crippen LogP contribution in [0.15, 0.2) is 0 Å². The Kier molecular flexibility index (Phi) is 6.09. The molecule has 0 saturated carbocycles. The van der Waals surface area contributed by atoms with E-state index in [1.54, 1.807) is 0 Å². The molecule has 4 nitrogen and oxygen atoms in total. The predicted molar refractivity (Wildman–Crippen MR) is 75.3 cm³/mol. The standard InChI is InChI=1S/C14H29N3O/c1-5-16(6-2)9-12-7-8-17(10-12)14(18)13(15)11(3)4/h11-13H,5-10,15H2,1-4H3/t12?,13-/m0/s1. The Morgan fingerprint density at radius 2 is 2.00 bits per heavy atom. The van der Waals surface area contributed by atoms with E-state index in [0.717, 1.165) is 39.1 Å². The van der Waals surface area contributed by atoms with Crippen LogP contribution in [0.3, 0.4) is 0 Å². The van der Waals surface area contributed by atoms with Gasteiger partial charge in [0, 0.05) is 19.6 Å². The van der Waals surface area contributed by atoms with E-state index in [-0.39, 0.29) is 17.9 Å². The van der Waals surface area contributed by atoms with Crippen LogP contribution in [0.2, 0.25) is 0 Å². The Morgan fingerprint density at radius 1 is 1.39 bits per heavy atom. The molecule has 0 bridgehead atoms. The van der Waals surface area contributed by atoms with Gasteiger partial charge in [0.05, 0.1) is 6.04 Å². The van der Waals surface area contributed by atoms with Crippen molar-refractivity contribution >= 4 is 5.91 Å². The van der Waals surface area contributed by atoms with Gasteiger partial charge in [-0.3, -0.25) is 4.79 Å². The molecular formula is C14H29N3O. The van der Waals surface area contributed by atoms with Gasteiger partial charge in [-0.2, -0.15) is 0 Å². The van der Waals surface area contributed by atoms with E-state index in [1.807, 2.05) is 18.7 Å². The summed E-state index contributed by atoms with van der Waals surface area (Å²) in [6.07, 6.45) is 1.12. The molecule has 0 spiro atoms. The largest absolute Gasteiger partial charge is 0.341 e. The van der Waals surface area contributed by atoms with E-state index in [4.69, 9.17) is 5.73 Å². The van der Waals surface area contributed by atoms with Crippen molar-refractivity contribution in [2.24, 2.45) is 17.6 Å². The number of likely N-dealkylation sites (tertiary alicyclic amines) is 1. The van der Waals surface area contributed by atoms with Gasteiger partial charge in [-0.1, -0.05) is 27.7 Å². The summed E-state index contributed by atoms with van der Waals surface area (Å²) in [5.74, 6) is 0.972. The molecule has 0 aromatic rings. The monoisotopic (exact) mass is 255 g/mol. The third-order valence-corrected chi connectivity index (χ3v) is 4.01. The molecule has 1 unspecified atom stereocenters.